The van der Waals surface area contributed by atoms with E-state index in [0.29, 0.717) is 11.4 Å². The number of aromatic nitrogens is 6. The molecule has 0 radical (unpaired) electrons. The monoisotopic (exact) mass is 374 g/mol. The Morgan fingerprint density at radius 2 is 1.82 bits per heavy atom. The maximum Gasteiger partial charge on any atom is 0.203 e. The topological polar surface area (TPSA) is 98.7 Å². The summed E-state index contributed by atoms with van der Waals surface area (Å²) in [5.74, 6) is 0.367. The van der Waals surface area contributed by atoms with E-state index in [9.17, 15) is 9.90 Å². The van der Waals surface area contributed by atoms with E-state index in [4.69, 9.17) is 0 Å². The molecule has 0 aliphatic carbocycles. The molecule has 1 unspecified atom stereocenters. The highest BCUT2D eigenvalue weighted by Crippen LogP contribution is 2.26. The van der Waals surface area contributed by atoms with E-state index >= 15 is 0 Å². The Balaban J connectivity index is 1.71. The SMILES string of the molecule is CC(c1cccc(-c2ncc(O)cn2)c1)c1cn(-c2cnn(C)c2)ncc1=O. The third-order valence-electron chi connectivity index (χ3n) is 4.55. The molecule has 1 aromatic carbocycles. The molecule has 3 heterocycles. The second-order valence-corrected chi connectivity index (χ2v) is 6.52. The van der Waals surface area contributed by atoms with Crippen molar-refractivity contribution < 1.29 is 5.11 Å². The predicted molar refractivity (Wildman–Crippen MR) is 103 cm³/mol. The fourth-order valence-corrected chi connectivity index (χ4v) is 3.01. The average Bonchev–Trinajstić information content (AvgIpc) is 3.15. The van der Waals surface area contributed by atoms with Gasteiger partial charge >= 0.3 is 0 Å². The third-order valence-corrected chi connectivity index (χ3v) is 4.55. The summed E-state index contributed by atoms with van der Waals surface area (Å²) in [5, 5.41) is 17.7. The summed E-state index contributed by atoms with van der Waals surface area (Å²) >= 11 is 0. The van der Waals surface area contributed by atoms with Crippen LogP contribution in [0.4, 0.5) is 0 Å². The van der Waals surface area contributed by atoms with Crippen LogP contribution in [0.25, 0.3) is 17.1 Å². The molecule has 0 amide bonds. The zero-order valence-electron chi connectivity index (χ0n) is 15.4. The number of rotatable bonds is 4. The summed E-state index contributed by atoms with van der Waals surface area (Å²) in [7, 11) is 1.83. The summed E-state index contributed by atoms with van der Waals surface area (Å²) in [6.45, 7) is 1.97. The lowest BCUT2D eigenvalue weighted by atomic mass is 9.93. The molecule has 0 spiro atoms. The maximum atomic E-state index is 12.5. The molecule has 8 nitrogen and oxygen atoms in total. The Bertz CT molecular complexity index is 1180. The van der Waals surface area contributed by atoms with Crippen molar-refractivity contribution in [3.05, 3.63) is 82.8 Å². The number of hydrogen-bond acceptors (Lipinski definition) is 6. The quantitative estimate of drug-likeness (QED) is 0.588. The first-order valence-corrected chi connectivity index (χ1v) is 8.70. The molecule has 0 fully saturated rings. The first-order chi connectivity index (χ1) is 13.5. The summed E-state index contributed by atoms with van der Waals surface area (Å²) in [4.78, 5) is 20.8. The van der Waals surface area contributed by atoms with Crippen molar-refractivity contribution in [1.29, 1.82) is 0 Å². The summed E-state index contributed by atoms with van der Waals surface area (Å²) in [6.07, 6.45) is 9.30. The van der Waals surface area contributed by atoms with Gasteiger partial charge < -0.3 is 5.11 Å². The van der Waals surface area contributed by atoms with Crippen molar-refractivity contribution in [1.82, 2.24) is 29.5 Å². The number of hydrogen-bond donors (Lipinski definition) is 1. The van der Waals surface area contributed by atoms with E-state index < -0.39 is 0 Å². The number of aryl methyl sites for hydroxylation is 1. The van der Waals surface area contributed by atoms with Gasteiger partial charge in [0, 0.05) is 30.3 Å². The predicted octanol–water partition coefficient (Wildman–Crippen LogP) is 2.28. The van der Waals surface area contributed by atoms with Gasteiger partial charge in [0.15, 0.2) is 11.6 Å². The van der Waals surface area contributed by atoms with Crippen LogP contribution in [0.1, 0.15) is 24.0 Å². The maximum absolute atomic E-state index is 12.5. The highest BCUT2D eigenvalue weighted by atomic mass is 16.3. The van der Waals surface area contributed by atoms with Gasteiger partial charge in [0.05, 0.1) is 31.0 Å². The fraction of sp³-hybridized carbons (Fsp3) is 0.150. The molecule has 0 saturated heterocycles. The van der Waals surface area contributed by atoms with Gasteiger partial charge in [0.2, 0.25) is 5.43 Å². The first kappa shape index (κ1) is 17.6. The largest absolute Gasteiger partial charge is 0.505 e. The minimum Gasteiger partial charge on any atom is -0.505 e. The zero-order valence-corrected chi connectivity index (χ0v) is 15.4. The summed E-state index contributed by atoms with van der Waals surface area (Å²) < 4.78 is 3.33. The number of aromatic hydroxyl groups is 1. The molecule has 3 aromatic heterocycles. The van der Waals surface area contributed by atoms with E-state index in [1.54, 1.807) is 21.8 Å². The Morgan fingerprint density at radius 1 is 1.04 bits per heavy atom. The molecule has 4 aromatic rings. The molecule has 28 heavy (non-hydrogen) atoms. The van der Waals surface area contributed by atoms with Crippen molar-refractivity contribution >= 4 is 0 Å². The molecule has 0 saturated carbocycles. The van der Waals surface area contributed by atoms with E-state index in [-0.39, 0.29) is 17.1 Å². The van der Waals surface area contributed by atoms with Gasteiger partial charge in [-0.1, -0.05) is 25.1 Å². The van der Waals surface area contributed by atoms with Crippen LogP contribution in [0.5, 0.6) is 5.75 Å². The molecule has 1 N–H and O–H groups in total. The van der Waals surface area contributed by atoms with Crippen molar-refractivity contribution in [2.75, 3.05) is 0 Å². The van der Waals surface area contributed by atoms with Crippen LogP contribution in [0.2, 0.25) is 0 Å². The number of benzene rings is 1. The van der Waals surface area contributed by atoms with Crippen LogP contribution < -0.4 is 5.43 Å². The Labute approximate surface area is 160 Å². The van der Waals surface area contributed by atoms with E-state index in [2.05, 4.69) is 20.2 Å². The lowest BCUT2D eigenvalue weighted by molar-refractivity contribution is 0.470. The molecule has 0 bridgehead atoms. The standard InChI is InChI=1S/C20H18N6O2/c1-13(14-4-3-5-15(6-14)20-21-8-17(27)9-22-20)18-12-26(24-10-19(18)28)16-7-23-25(2)11-16/h3-13,27H,1-2H3. The van der Waals surface area contributed by atoms with Crippen LogP contribution >= 0.6 is 0 Å². The molecule has 0 aliphatic heterocycles. The molecular formula is C20H18N6O2. The molecular weight excluding hydrogens is 356 g/mol. The minimum atomic E-state index is -0.157. The summed E-state index contributed by atoms with van der Waals surface area (Å²) in [6, 6.07) is 7.70. The van der Waals surface area contributed by atoms with Crippen LogP contribution in [0.15, 0.2) is 66.2 Å². The normalized spacial score (nSPS) is 12.1. The van der Waals surface area contributed by atoms with E-state index in [0.717, 1.165) is 16.8 Å². The van der Waals surface area contributed by atoms with Crippen molar-refractivity contribution in [2.24, 2.45) is 7.05 Å². The number of nitrogens with zero attached hydrogens (tertiary/aromatic N) is 6. The van der Waals surface area contributed by atoms with Gasteiger partial charge in [0.25, 0.3) is 0 Å². The van der Waals surface area contributed by atoms with Crippen LogP contribution in [-0.2, 0) is 7.05 Å². The Morgan fingerprint density at radius 3 is 2.54 bits per heavy atom. The van der Waals surface area contributed by atoms with E-state index in [1.807, 2.05) is 44.4 Å². The van der Waals surface area contributed by atoms with Crippen LogP contribution in [-0.4, -0.2) is 34.6 Å². The van der Waals surface area contributed by atoms with E-state index in [1.165, 1.54) is 18.6 Å². The summed E-state index contributed by atoms with van der Waals surface area (Å²) in [5.41, 5.74) is 3.05. The molecule has 8 heteroatoms. The lowest BCUT2D eigenvalue weighted by Crippen LogP contribution is -2.17. The second kappa shape index (κ2) is 7.07. The van der Waals surface area contributed by atoms with Gasteiger partial charge in [-0.25, -0.2) is 14.6 Å². The minimum absolute atomic E-state index is 0.0148. The molecule has 140 valence electrons. The van der Waals surface area contributed by atoms with Gasteiger partial charge in [-0.3, -0.25) is 9.48 Å². The van der Waals surface area contributed by atoms with Crippen molar-refractivity contribution in [3.63, 3.8) is 0 Å². The fourth-order valence-electron chi connectivity index (χ4n) is 3.01. The van der Waals surface area contributed by atoms with Gasteiger partial charge in [0.1, 0.15) is 5.69 Å². The highest BCUT2D eigenvalue weighted by molar-refractivity contribution is 5.57. The average molecular weight is 374 g/mol. The third kappa shape index (κ3) is 3.39. The lowest BCUT2D eigenvalue weighted by Gasteiger charge is -2.14. The van der Waals surface area contributed by atoms with Crippen molar-refractivity contribution in [3.8, 4) is 22.8 Å². The molecule has 4 rings (SSSR count). The van der Waals surface area contributed by atoms with Gasteiger partial charge in [-0.2, -0.15) is 10.2 Å². The molecule has 1 atom stereocenters. The Hall–Kier alpha value is -3.81. The van der Waals surface area contributed by atoms with Crippen LogP contribution in [0, 0.1) is 0 Å². The zero-order chi connectivity index (χ0) is 19.7. The first-order valence-electron chi connectivity index (χ1n) is 8.70. The molecule has 0 aliphatic rings. The Kier molecular flexibility index (Phi) is 4.44. The van der Waals surface area contributed by atoms with Crippen LogP contribution in [0.3, 0.4) is 0 Å². The second-order valence-electron chi connectivity index (χ2n) is 6.52. The van der Waals surface area contributed by atoms with Crippen molar-refractivity contribution in [2.45, 2.75) is 12.8 Å². The smallest absolute Gasteiger partial charge is 0.203 e. The van der Waals surface area contributed by atoms with Gasteiger partial charge in [-0.15, -0.1) is 0 Å². The highest BCUT2D eigenvalue weighted by Gasteiger charge is 2.15. The van der Waals surface area contributed by atoms with Gasteiger partial charge in [-0.05, 0) is 11.6 Å².